The normalized spacial score (nSPS) is 15.7. The third kappa shape index (κ3) is 5.53. The predicted octanol–water partition coefficient (Wildman–Crippen LogP) is 5.00. The zero-order valence-electron chi connectivity index (χ0n) is 17.6. The van der Waals surface area contributed by atoms with Crippen molar-refractivity contribution in [2.75, 3.05) is 0 Å². The first kappa shape index (κ1) is 24.1. The van der Waals surface area contributed by atoms with E-state index in [4.69, 9.17) is 5.26 Å². The summed E-state index contributed by atoms with van der Waals surface area (Å²) in [6, 6.07) is 7.71. The Morgan fingerprint density at radius 3 is 2.60 bits per heavy atom. The van der Waals surface area contributed by atoms with Gasteiger partial charge in [-0.2, -0.15) is 23.5 Å². The number of halogens is 6. The number of aromatic nitrogens is 3. The van der Waals surface area contributed by atoms with Crippen molar-refractivity contribution >= 4 is 5.91 Å². The zero-order chi connectivity index (χ0) is 25.4. The number of nitriles is 1. The third-order valence-electron chi connectivity index (χ3n) is 5.21. The van der Waals surface area contributed by atoms with Crippen LogP contribution < -0.4 is 10.1 Å². The maximum Gasteiger partial charge on any atom is 0.573 e. The molecule has 1 atom stereocenters. The molecule has 13 heteroatoms. The summed E-state index contributed by atoms with van der Waals surface area (Å²) in [5.41, 5.74) is -0.528. The van der Waals surface area contributed by atoms with Crippen LogP contribution in [-0.2, 0) is 12.7 Å². The number of carbonyl (C=O) groups excluding carboxylic acids is 1. The predicted molar refractivity (Wildman–Crippen MR) is 108 cm³/mol. The van der Waals surface area contributed by atoms with E-state index in [1.165, 1.54) is 6.07 Å². The molecule has 3 aromatic rings. The molecule has 0 bridgehead atoms. The fourth-order valence-electron chi connectivity index (χ4n) is 3.74. The Labute approximate surface area is 193 Å². The van der Waals surface area contributed by atoms with E-state index in [0.29, 0.717) is 25.1 Å². The van der Waals surface area contributed by atoms with Gasteiger partial charge < -0.3 is 10.1 Å². The summed E-state index contributed by atoms with van der Waals surface area (Å²) < 4.78 is 82.3. The molecule has 1 amide bonds. The number of aryl methyl sites for hydroxylation is 1. The molecular formula is C22H15F6N5O2. The second kappa shape index (κ2) is 8.94. The minimum Gasteiger partial charge on any atom is -0.406 e. The summed E-state index contributed by atoms with van der Waals surface area (Å²) in [7, 11) is 0. The SMILES string of the molecule is N#Cc1cc(OC(F)(F)F)cc(C(=O)N[C@H]2CCCn3nc(-c4ccnc(C(F)(F)F)c4)cc32)c1. The monoisotopic (exact) mass is 495 g/mol. The minimum absolute atomic E-state index is 0.190. The maximum atomic E-state index is 13.0. The molecule has 0 unspecified atom stereocenters. The highest BCUT2D eigenvalue weighted by atomic mass is 19.4. The van der Waals surface area contributed by atoms with Crippen LogP contribution in [0.2, 0.25) is 0 Å². The van der Waals surface area contributed by atoms with Crippen LogP contribution in [0.1, 0.15) is 46.2 Å². The molecule has 3 heterocycles. The molecule has 1 aliphatic heterocycles. The van der Waals surface area contributed by atoms with Gasteiger partial charge in [0.1, 0.15) is 11.4 Å². The number of hydrogen-bond acceptors (Lipinski definition) is 5. The van der Waals surface area contributed by atoms with E-state index >= 15 is 0 Å². The van der Waals surface area contributed by atoms with Crippen LogP contribution in [0, 0.1) is 11.3 Å². The Kier molecular flexibility index (Phi) is 6.14. The van der Waals surface area contributed by atoms with Crippen molar-refractivity contribution in [3.05, 3.63) is 65.1 Å². The molecule has 1 N–H and O–H groups in total. The summed E-state index contributed by atoms with van der Waals surface area (Å²) in [5, 5.41) is 16.1. The molecule has 1 aliphatic rings. The molecule has 4 rings (SSSR count). The van der Waals surface area contributed by atoms with Gasteiger partial charge >= 0.3 is 12.5 Å². The van der Waals surface area contributed by atoms with Crippen LogP contribution in [-0.4, -0.2) is 27.0 Å². The van der Waals surface area contributed by atoms with Crippen LogP contribution >= 0.6 is 0 Å². The van der Waals surface area contributed by atoms with Crippen molar-refractivity contribution in [2.24, 2.45) is 0 Å². The zero-order valence-corrected chi connectivity index (χ0v) is 17.6. The molecule has 7 nitrogen and oxygen atoms in total. The Morgan fingerprint density at radius 1 is 1.14 bits per heavy atom. The topological polar surface area (TPSA) is 92.8 Å². The van der Waals surface area contributed by atoms with E-state index < -0.39 is 35.9 Å². The molecule has 0 saturated heterocycles. The molecule has 35 heavy (non-hydrogen) atoms. The number of fused-ring (bicyclic) bond motifs is 1. The summed E-state index contributed by atoms with van der Waals surface area (Å²) in [6.07, 6.45) is -7.56. The molecule has 0 aliphatic carbocycles. The first-order valence-corrected chi connectivity index (χ1v) is 10.2. The molecule has 0 fully saturated rings. The van der Waals surface area contributed by atoms with E-state index in [0.717, 1.165) is 30.5 Å². The third-order valence-corrected chi connectivity index (χ3v) is 5.21. The summed E-state index contributed by atoms with van der Waals surface area (Å²) in [5.74, 6) is -1.46. The standard InChI is InChI=1S/C22H15F6N5O2/c23-21(24,25)19-9-13(3-4-30-19)17-10-18-16(2-1-5-33(18)32-17)31-20(34)14-6-12(11-29)7-15(8-14)35-22(26,27)28/h3-4,6-10,16H,1-2,5H2,(H,31,34)/t16-/m0/s1. The van der Waals surface area contributed by atoms with E-state index in [-0.39, 0.29) is 22.4 Å². The van der Waals surface area contributed by atoms with E-state index in [9.17, 15) is 31.1 Å². The second-order valence-corrected chi connectivity index (χ2v) is 7.68. The van der Waals surface area contributed by atoms with Gasteiger partial charge in [0.15, 0.2) is 0 Å². The molecule has 0 saturated carbocycles. The number of hydrogen-bond donors (Lipinski definition) is 1. The Bertz CT molecular complexity index is 1310. The van der Waals surface area contributed by atoms with Crippen molar-refractivity contribution in [3.8, 4) is 23.1 Å². The largest absolute Gasteiger partial charge is 0.573 e. The highest BCUT2D eigenvalue weighted by Gasteiger charge is 2.34. The van der Waals surface area contributed by atoms with Crippen molar-refractivity contribution in [1.82, 2.24) is 20.1 Å². The van der Waals surface area contributed by atoms with Crippen LogP contribution in [0.25, 0.3) is 11.3 Å². The molecule has 1 aromatic carbocycles. The van der Waals surface area contributed by atoms with Gasteiger partial charge in [0, 0.05) is 23.9 Å². The van der Waals surface area contributed by atoms with Crippen LogP contribution in [0.15, 0.2) is 42.6 Å². The van der Waals surface area contributed by atoms with Crippen LogP contribution in [0.3, 0.4) is 0 Å². The number of carbonyl (C=O) groups is 1. The van der Waals surface area contributed by atoms with Gasteiger partial charge in [0.2, 0.25) is 0 Å². The van der Waals surface area contributed by atoms with Crippen molar-refractivity contribution in [3.63, 3.8) is 0 Å². The fraction of sp³-hybridized carbons (Fsp3) is 0.273. The number of amides is 1. The summed E-state index contributed by atoms with van der Waals surface area (Å²) in [4.78, 5) is 16.1. The number of rotatable bonds is 4. The molecule has 0 radical (unpaired) electrons. The highest BCUT2D eigenvalue weighted by Crippen LogP contribution is 2.33. The van der Waals surface area contributed by atoms with Gasteiger partial charge in [-0.25, -0.2) is 0 Å². The highest BCUT2D eigenvalue weighted by molar-refractivity contribution is 5.95. The molecule has 2 aromatic heterocycles. The minimum atomic E-state index is -5.01. The van der Waals surface area contributed by atoms with Gasteiger partial charge in [-0.3, -0.25) is 14.5 Å². The van der Waals surface area contributed by atoms with Crippen molar-refractivity contribution in [1.29, 1.82) is 5.26 Å². The quantitative estimate of drug-likeness (QED) is 0.515. The first-order chi connectivity index (χ1) is 16.4. The Balaban J connectivity index is 1.60. The number of alkyl halides is 6. The lowest BCUT2D eigenvalue weighted by Crippen LogP contribution is -2.32. The molecule has 182 valence electrons. The maximum absolute atomic E-state index is 13.0. The van der Waals surface area contributed by atoms with Crippen molar-refractivity contribution in [2.45, 2.75) is 38.0 Å². The number of nitrogens with one attached hydrogen (secondary N) is 1. The Morgan fingerprint density at radius 2 is 1.91 bits per heavy atom. The van der Waals surface area contributed by atoms with Crippen molar-refractivity contribution < 1.29 is 35.9 Å². The number of nitrogens with zero attached hydrogens (tertiary/aromatic N) is 4. The lowest BCUT2D eigenvalue weighted by molar-refractivity contribution is -0.274. The van der Waals surface area contributed by atoms with E-state index in [1.807, 2.05) is 0 Å². The Hall–Kier alpha value is -4.08. The lowest BCUT2D eigenvalue weighted by atomic mass is 10.0. The first-order valence-electron chi connectivity index (χ1n) is 10.2. The fourth-order valence-corrected chi connectivity index (χ4v) is 3.74. The number of benzene rings is 1. The number of ether oxygens (including phenoxy) is 1. The van der Waals surface area contributed by atoms with E-state index in [1.54, 1.807) is 16.8 Å². The lowest BCUT2D eigenvalue weighted by Gasteiger charge is -2.24. The molecule has 0 spiro atoms. The number of pyridine rings is 1. The van der Waals surface area contributed by atoms with Crippen LogP contribution in [0.5, 0.6) is 5.75 Å². The van der Waals surface area contributed by atoms with Gasteiger partial charge in [0.25, 0.3) is 5.91 Å². The summed E-state index contributed by atoms with van der Waals surface area (Å²) in [6.45, 7) is 0.465. The summed E-state index contributed by atoms with van der Waals surface area (Å²) >= 11 is 0. The van der Waals surface area contributed by atoms with Crippen LogP contribution in [0.4, 0.5) is 26.3 Å². The van der Waals surface area contributed by atoms with Gasteiger partial charge in [-0.15, -0.1) is 13.2 Å². The van der Waals surface area contributed by atoms with Gasteiger partial charge in [-0.1, -0.05) is 0 Å². The van der Waals surface area contributed by atoms with Gasteiger partial charge in [-0.05, 0) is 49.2 Å². The van der Waals surface area contributed by atoms with Gasteiger partial charge in [0.05, 0.1) is 29.1 Å². The molecular weight excluding hydrogens is 480 g/mol. The smallest absolute Gasteiger partial charge is 0.406 e. The second-order valence-electron chi connectivity index (χ2n) is 7.68. The average molecular weight is 495 g/mol. The average Bonchev–Trinajstić information content (AvgIpc) is 3.22. The van der Waals surface area contributed by atoms with E-state index in [2.05, 4.69) is 20.1 Å².